The Kier molecular flexibility index (Phi) is 9.98. The minimum Gasteiger partial charge on any atom is -0.395 e. The predicted octanol–water partition coefficient (Wildman–Crippen LogP) is 1.76. The van der Waals surface area contributed by atoms with Gasteiger partial charge in [0.15, 0.2) is 0 Å². The van der Waals surface area contributed by atoms with Crippen molar-refractivity contribution in [2.45, 2.75) is 58.9 Å². The Hall–Kier alpha value is -0.610. The van der Waals surface area contributed by atoms with E-state index in [1.54, 1.807) is 4.90 Å². The first-order chi connectivity index (χ1) is 8.52. The molecule has 0 aromatic carbocycles. The number of unbranched alkanes of at least 4 members (excludes halogenated alkanes) is 1. The summed E-state index contributed by atoms with van der Waals surface area (Å²) in [6, 6.07) is 0.209. The second kappa shape index (κ2) is 10.3. The molecule has 2 unspecified atom stereocenters. The topological polar surface area (TPSA) is 66.6 Å². The number of amides is 1. The Bertz CT molecular complexity index is 220. The molecule has 4 nitrogen and oxygen atoms in total. The maximum absolute atomic E-state index is 12.2. The standard InChI is InChI=1S/C14H30N2O2/c1-4-5-9-16(10-11-17)14(18)12(2)7-6-8-13(3)15/h12-13,17H,4-11,15H2,1-3H3. The number of nitrogens with zero attached hydrogens (tertiary/aromatic N) is 1. The van der Waals surface area contributed by atoms with Crippen molar-refractivity contribution in [2.24, 2.45) is 11.7 Å². The van der Waals surface area contributed by atoms with E-state index in [4.69, 9.17) is 10.8 Å². The van der Waals surface area contributed by atoms with E-state index in [0.717, 1.165) is 38.6 Å². The number of aliphatic hydroxyl groups is 1. The van der Waals surface area contributed by atoms with Gasteiger partial charge in [-0.1, -0.05) is 26.7 Å². The summed E-state index contributed by atoms with van der Waals surface area (Å²) in [5, 5.41) is 9.01. The molecule has 0 aliphatic heterocycles. The van der Waals surface area contributed by atoms with Crippen molar-refractivity contribution in [3.05, 3.63) is 0 Å². The van der Waals surface area contributed by atoms with Gasteiger partial charge in [0, 0.05) is 25.0 Å². The van der Waals surface area contributed by atoms with Crippen molar-refractivity contribution in [3.8, 4) is 0 Å². The first-order valence-corrected chi connectivity index (χ1v) is 7.18. The number of hydrogen-bond acceptors (Lipinski definition) is 3. The van der Waals surface area contributed by atoms with Gasteiger partial charge in [-0.3, -0.25) is 4.79 Å². The predicted molar refractivity (Wildman–Crippen MR) is 75.2 cm³/mol. The lowest BCUT2D eigenvalue weighted by Gasteiger charge is -2.25. The summed E-state index contributed by atoms with van der Waals surface area (Å²) in [7, 11) is 0. The van der Waals surface area contributed by atoms with E-state index in [0.29, 0.717) is 6.54 Å². The quantitative estimate of drug-likeness (QED) is 0.627. The molecule has 2 atom stereocenters. The summed E-state index contributed by atoms with van der Waals surface area (Å²) in [6.07, 6.45) is 4.90. The zero-order chi connectivity index (χ0) is 14.0. The molecule has 0 heterocycles. The van der Waals surface area contributed by atoms with Gasteiger partial charge in [-0.25, -0.2) is 0 Å². The Morgan fingerprint density at radius 1 is 1.22 bits per heavy atom. The molecule has 18 heavy (non-hydrogen) atoms. The van der Waals surface area contributed by atoms with Crippen LogP contribution in [0.25, 0.3) is 0 Å². The van der Waals surface area contributed by atoms with E-state index >= 15 is 0 Å². The van der Waals surface area contributed by atoms with Crippen LogP contribution in [0, 0.1) is 5.92 Å². The molecule has 0 radical (unpaired) electrons. The molecule has 108 valence electrons. The highest BCUT2D eigenvalue weighted by molar-refractivity contribution is 5.78. The highest BCUT2D eigenvalue weighted by atomic mass is 16.3. The van der Waals surface area contributed by atoms with Gasteiger partial charge in [-0.2, -0.15) is 0 Å². The number of nitrogens with two attached hydrogens (primary N) is 1. The van der Waals surface area contributed by atoms with Crippen LogP contribution < -0.4 is 5.73 Å². The summed E-state index contributed by atoms with van der Waals surface area (Å²) in [5.74, 6) is 0.203. The molecule has 0 rings (SSSR count). The lowest BCUT2D eigenvalue weighted by molar-refractivity contribution is -0.135. The molecule has 1 amide bonds. The van der Waals surface area contributed by atoms with E-state index in [9.17, 15) is 4.79 Å². The Morgan fingerprint density at radius 2 is 1.89 bits per heavy atom. The molecule has 0 aromatic rings. The molecule has 0 saturated heterocycles. The molecule has 0 aliphatic rings. The van der Waals surface area contributed by atoms with Gasteiger partial charge in [0.05, 0.1) is 6.61 Å². The minimum absolute atomic E-state index is 0.0344. The average Bonchev–Trinajstić information content (AvgIpc) is 2.33. The number of aliphatic hydroxyl groups excluding tert-OH is 1. The van der Waals surface area contributed by atoms with Crippen LogP contribution in [0.1, 0.15) is 52.9 Å². The van der Waals surface area contributed by atoms with Crippen LogP contribution in [0.3, 0.4) is 0 Å². The van der Waals surface area contributed by atoms with E-state index in [-0.39, 0.29) is 24.5 Å². The third kappa shape index (κ3) is 7.67. The van der Waals surface area contributed by atoms with Crippen LogP contribution in [-0.4, -0.2) is 41.7 Å². The summed E-state index contributed by atoms with van der Waals surface area (Å²) in [6.45, 7) is 7.32. The smallest absolute Gasteiger partial charge is 0.225 e. The summed E-state index contributed by atoms with van der Waals surface area (Å²) >= 11 is 0. The lowest BCUT2D eigenvalue weighted by atomic mass is 10.0. The fraction of sp³-hybridized carbons (Fsp3) is 0.929. The van der Waals surface area contributed by atoms with E-state index < -0.39 is 0 Å². The van der Waals surface area contributed by atoms with E-state index in [1.165, 1.54) is 0 Å². The Balaban J connectivity index is 4.10. The van der Waals surface area contributed by atoms with Crippen LogP contribution in [0.5, 0.6) is 0 Å². The van der Waals surface area contributed by atoms with Crippen molar-refractivity contribution >= 4 is 5.91 Å². The molecular formula is C14H30N2O2. The molecule has 4 heteroatoms. The minimum atomic E-state index is 0.0344. The van der Waals surface area contributed by atoms with Gasteiger partial charge in [-0.15, -0.1) is 0 Å². The largest absolute Gasteiger partial charge is 0.395 e. The first-order valence-electron chi connectivity index (χ1n) is 7.18. The number of hydrogen-bond donors (Lipinski definition) is 2. The van der Waals surface area contributed by atoms with Gasteiger partial charge in [0.1, 0.15) is 0 Å². The molecule has 0 spiro atoms. The number of carbonyl (C=O) groups is 1. The fourth-order valence-corrected chi connectivity index (χ4v) is 1.98. The second-order valence-electron chi connectivity index (χ2n) is 5.21. The van der Waals surface area contributed by atoms with Crippen molar-refractivity contribution in [1.29, 1.82) is 0 Å². The summed E-state index contributed by atoms with van der Waals surface area (Å²) in [4.78, 5) is 14.0. The van der Waals surface area contributed by atoms with Gasteiger partial charge in [0.25, 0.3) is 0 Å². The van der Waals surface area contributed by atoms with Crippen molar-refractivity contribution in [1.82, 2.24) is 4.90 Å². The zero-order valence-electron chi connectivity index (χ0n) is 12.2. The third-order valence-corrected chi connectivity index (χ3v) is 3.18. The van der Waals surface area contributed by atoms with Crippen molar-refractivity contribution < 1.29 is 9.90 Å². The maximum Gasteiger partial charge on any atom is 0.225 e. The van der Waals surface area contributed by atoms with Crippen molar-refractivity contribution in [2.75, 3.05) is 19.7 Å². The summed E-state index contributed by atoms with van der Waals surface area (Å²) in [5.41, 5.74) is 5.70. The zero-order valence-corrected chi connectivity index (χ0v) is 12.2. The fourth-order valence-electron chi connectivity index (χ4n) is 1.98. The average molecular weight is 258 g/mol. The normalized spacial score (nSPS) is 14.3. The monoisotopic (exact) mass is 258 g/mol. The third-order valence-electron chi connectivity index (χ3n) is 3.18. The Morgan fingerprint density at radius 3 is 2.39 bits per heavy atom. The van der Waals surface area contributed by atoms with Crippen LogP contribution >= 0.6 is 0 Å². The molecule has 0 bridgehead atoms. The maximum atomic E-state index is 12.2. The van der Waals surface area contributed by atoms with Crippen LogP contribution in [-0.2, 0) is 4.79 Å². The molecule has 0 fully saturated rings. The molecule has 3 N–H and O–H groups in total. The van der Waals surface area contributed by atoms with Crippen molar-refractivity contribution in [3.63, 3.8) is 0 Å². The molecular weight excluding hydrogens is 228 g/mol. The number of carbonyl (C=O) groups excluding carboxylic acids is 1. The number of rotatable bonds is 10. The second-order valence-corrected chi connectivity index (χ2v) is 5.21. The molecule has 0 aromatic heterocycles. The summed E-state index contributed by atoms with van der Waals surface area (Å²) < 4.78 is 0. The van der Waals surface area contributed by atoms with Gasteiger partial charge < -0.3 is 15.7 Å². The van der Waals surface area contributed by atoms with E-state index in [1.807, 2.05) is 13.8 Å². The van der Waals surface area contributed by atoms with Crippen LogP contribution in [0.15, 0.2) is 0 Å². The highest BCUT2D eigenvalue weighted by Crippen LogP contribution is 2.13. The van der Waals surface area contributed by atoms with Gasteiger partial charge >= 0.3 is 0 Å². The first kappa shape index (κ1) is 17.4. The molecule has 0 aliphatic carbocycles. The Labute approximate surface area is 112 Å². The van der Waals surface area contributed by atoms with Crippen LogP contribution in [0.4, 0.5) is 0 Å². The van der Waals surface area contributed by atoms with E-state index in [2.05, 4.69) is 6.92 Å². The van der Waals surface area contributed by atoms with Gasteiger partial charge in [-0.05, 0) is 26.2 Å². The SMILES string of the molecule is CCCCN(CCO)C(=O)C(C)CCCC(C)N. The molecule has 0 saturated carbocycles. The van der Waals surface area contributed by atoms with Crippen LogP contribution in [0.2, 0.25) is 0 Å². The van der Waals surface area contributed by atoms with Gasteiger partial charge in [0.2, 0.25) is 5.91 Å². The lowest BCUT2D eigenvalue weighted by Crippen LogP contribution is -2.38. The highest BCUT2D eigenvalue weighted by Gasteiger charge is 2.19.